The number of methoxy groups -OCH3 is 3. The highest BCUT2D eigenvalue weighted by atomic mass is 16.5. The molecule has 128 valence electrons. The second-order valence-electron chi connectivity index (χ2n) is 5.17. The third-order valence-corrected chi connectivity index (χ3v) is 3.84. The molecular formula is C18H20O6. The average molecular weight is 332 g/mol. The largest absolute Gasteiger partial charge is 0.504 e. The first-order chi connectivity index (χ1) is 11.5. The number of carbonyl (C=O) groups is 1. The van der Waals surface area contributed by atoms with Crippen LogP contribution >= 0.6 is 0 Å². The number of rotatable bonds is 7. The lowest BCUT2D eigenvalue weighted by Crippen LogP contribution is -2.16. The van der Waals surface area contributed by atoms with Crippen molar-refractivity contribution in [1.29, 1.82) is 0 Å². The maximum atomic E-state index is 11.8. The molecule has 6 nitrogen and oxygen atoms in total. The lowest BCUT2D eigenvalue weighted by molar-refractivity contribution is -0.138. The molecule has 1 unspecified atom stereocenters. The Morgan fingerprint density at radius 2 is 1.75 bits per heavy atom. The summed E-state index contributed by atoms with van der Waals surface area (Å²) in [4.78, 5) is 11.8. The van der Waals surface area contributed by atoms with Gasteiger partial charge in [-0.25, -0.2) is 0 Å². The summed E-state index contributed by atoms with van der Waals surface area (Å²) in [7, 11) is 4.43. The number of hydrogen-bond donors (Lipinski definition) is 2. The summed E-state index contributed by atoms with van der Waals surface area (Å²) in [5.74, 6) is -0.711. The molecule has 0 aliphatic rings. The van der Waals surface area contributed by atoms with Gasteiger partial charge in [-0.3, -0.25) is 4.79 Å². The summed E-state index contributed by atoms with van der Waals surface area (Å²) < 4.78 is 15.5. The number of aromatic hydroxyl groups is 1. The summed E-state index contributed by atoms with van der Waals surface area (Å²) >= 11 is 0. The Morgan fingerprint density at radius 3 is 2.33 bits per heavy atom. The van der Waals surface area contributed by atoms with E-state index in [4.69, 9.17) is 14.2 Å². The number of para-hydroxylation sites is 1. The van der Waals surface area contributed by atoms with Crippen LogP contribution in [0.5, 0.6) is 23.0 Å². The van der Waals surface area contributed by atoms with Crippen LogP contribution in [0.4, 0.5) is 0 Å². The second-order valence-corrected chi connectivity index (χ2v) is 5.17. The van der Waals surface area contributed by atoms with Gasteiger partial charge in [0.15, 0.2) is 11.5 Å². The fourth-order valence-electron chi connectivity index (χ4n) is 2.56. The molecule has 0 saturated heterocycles. The van der Waals surface area contributed by atoms with E-state index in [9.17, 15) is 15.0 Å². The molecule has 2 aromatic rings. The van der Waals surface area contributed by atoms with Crippen LogP contribution in [0.3, 0.4) is 0 Å². The van der Waals surface area contributed by atoms with E-state index in [1.165, 1.54) is 21.3 Å². The van der Waals surface area contributed by atoms with Gasteiger partial charge in [-0.2, -0.15) is 0 Å². The van der Waals surface area contributed by atoms with Crippen molar-refractivity contribution < 1.29 is 29.2 Å². The van der Waals surface area contributed by atoms with Crippen molar-refractivity contribution in [3.05, 3.63) is 47.5 Å². The van der Waals surface area contributed by atoms with Gasteiger partial charge in [-0.1, -0.05) is 12.1 Å². The molecule has 24 heavy (non-hydrogen) atoms. The smallest absolute Gasteiger partial charge is 0.311 e. The topological polar surface area (TPSA) is 85.2 Å². The average Bonchev–Trinajstić information content (AvgIpc) is 2.60. The Balaban J connectivity index is 2.46. The SMILES string of the molecule is COc1ccc(OC)c(C(Cc2cccc(OC)c2O)C(=O)O)c1. The van der Waals surface area contributed by atoms with Crippen LogP contribution in [-0.4, -0.2) is 37.5 Å². The van der Waals surface area contributed by atoms with Gasteiger partial charge >= 0.3 is 5.97 Å². The summed E-state index contributed by atoms with van der Waals surface area (Å²) in [6.45, 7) is 0. The van der Waals surface area contributed by atoms with Gasteiger partial charge in [-0.15, -0.1) is 0 Å². The van der Waals surface area contributed by atoms with Crippen LogP contribution < -0.4 is 14.2 Å². The van der Waals surface area contributed by atoms with Crippen molar-refractivity contribution in [2.45, 2.75) is 12.3 Å². The Hall–Kier alpha value is -2.89. The molecule has 0 heterocycles. The maximum absolute atomic E-state index is 11.8. The number of carboxylic acids is 1. The van der Waals surface area contributed by atoms with Crippen LogP contribution in [0, 0.1) is 0 Å². The summed E-state index contributed by atoms with van der Waals surface area (Å²) in [6, 6.07) is 9.98. The Kier molecular flexibility index (Phi) is 5.52. The van der Waals surface area contributed by atoms with Gasteiger partial charge in [0, 0.05) is 5.56 Å². The number of ether oxygens (including phenoxy) is 3. The van der Waals surface area contributed by atoms with Gasteiger partial charge in [-0.05, 0) is 36.2 Å². The molecule has 2 rings (SSSR count). The Bertz CT molecular complexity index is 725. The first-order valence-corrected chi connectivity index (χ1v) is 7.31. The normalized spacial score (nSPS) is 11.6. The van der Waals surface area contributed by atoms with Crippen LogP contribution in [0.15, 0.2) is 36.4 Å². The molecule has 1 atom stereocenters. The molecule has 0 fully saturated rings. The van der Waals surface area contributed by atoms with Crippen molar-refractivity contribution in [2.75, 3.05) is 21.3 Å². The van der Waals surface area contributed by atoms with Crippen molar-refractivity contribution in [2.24, 2.45) is 0 Å². The van der Waals surface area contributed by atoms with Gasteiger partial charge in [0.05, 0.1) is 27.2 Å². The quantitative estimate of drug-likeness (QED) is 0.811. The highest BCUT2D eigenvalue weighted by Gasteiger charge is 2.26. The molecule has 2 N–H and O–H groups in total. The Labute approximate surface area is 140 Å². The first-order valence-electron chi connectivity index (χ1n) is 7.31. The van der Waals surface area contributed by atoms with E-state index in [1.807, 2.05) is 0 Å². The molecule has 0 amide bonds. The molecule has 0 aliphatic heterocycles. The van der Waals surface area contributed by atoms with E-state index in [0.29, 0.717) is 28.4 Å². The monoisotopic (exact) mass is 332 g/mol. The highest BCUT2D eigenvalue weighted by Crippen LogP contribution is 2.37. The Morgan fingerprint density at radius 1 is 1.04 bits per heavy atom. The molecule has 0 spiro atoms. The van der Waals surface area contributed by atoms with Gasteiger partial charge in [0.2, 0.25) is 0 Å². The maximum Gasteiger partial charge on any atom is 0.311 e. The van der Waals surface area contributed by atoms with Crippen LogP contribution in [-0.2, 0) is 11.2 Å². The van der Waals surface area contributed by atoms with E-state index >= 15 is 0 Å². The van der Waals surface area contributed by atoms with Crippen molar-refractivity contribution in [3.63, 3.8) is 0 Å². The lowest BCUT2D eigenvalue weighted by Gasteiger charge is -2.18. The minimum atomic E-state index is -1.02. The van der Waals surface area contributed by atoms with Crippen molar-refractivity contribution in [1.82, 2.24) is 0 Å². The second kappa shape index (κ2) is 7.59. The van der Waals surface area contributed by atoms with E-state index < -0.39 is 11.9 Å². The summed E-state index contributed by atoms with van der Waals surface area (Å²) in [5.41, 5.74) is 0.957. The first kappa shape index (κ1) is 17.5. The van der Waals surface area contributed by atoms with Gasteiger partial charge < -0.3 is 24.4 Å². The summed E-state index contributed by atoms with van der Waals surface area (Å²) in [6.07, 6.45) is 0.0852. The predicted octanol–water partition coefficient (Wildman–Crippen LogP) is 2.83. The van der Waals surface area contributed by atoms with Gasteiger partial charge in [0.25, 0.3) is 0 Å². The van der Waals surface area contributed by atoms with Crippen molar-refractivity contribution >= 4 is 5.97 Å². The molecule has 6 heteroatoms. The minimum Gasteiger partial charge on any atom is -0.504 e. The molecule has 0 saturated carbocycles. The summed E-state index contributed by atoms with van der Waals surface area (Å²) in [5, 5.41) is 19.9. The number of phenols is 1. The van der Waals surface area contributed by atoms with Gasteiger partial charge in [0.1, 0.15) is 11.5 Å². The third kappa shape index (κ3) is 3.53. The van der Waals surface area contributed by atoms with Crippen molar-refractivity contribution in [3.8, 4) is 23.0 Å². The zero-order valence-corrected chi connectivity index (χ0v) is 13.8. The molecule has 2 aromatic carbocycles. The molecule has 0 radical (unpaired) electrons. The lowest BCUT2D eigenvalue weighted by atomic mass is 9.90. The van der Waals surface area contributed by atoms with E-state index in [2.05, 4.69) is 0 Å². The van der Waals surface area contributed by atoms with E-state index in [1.54, 1.807) is 36.4 Å². The zero-order valence-electron chi connectivity index (χ0n) is 13.8. The number of phenolic OH excluding ortho intramolecular Hbond substituents is 1. The minimum absolute atomic E-state index is 0.0619. The predicted molar refractivity (Wildman–Crippen MR) is 88.3 cm³/mol. The molecular weight excluding hydrogens is 312 g/mol. The van der Waals surface area contributed by atoms with E-state index in [-0.39, 0.29) is 12.2 Å². The standard InChI is InChI=1S/C18H20O6/c1-22-12-7-8-15(23-2)13(10-12)14(18(20)21)9-11-5-4-6-16(24-3)17(11)19/h4-8,10,14,19H,9H2,1-3H3,(H,20,21). The molecule has 0 aliphatic carbocycles. The number of aliphatic carboxylic acids is 1. The highest BCUT2D eigenvalue weighted by molar-refractivity contribution is 5.78. The number of benzene rings is 2. The van der Waals surface area contributed by atoms with Crippen LogP contribution in [0.25, 0.3) is 0 Å². The molecule has 0 bridgehead atoms. The zero-order chi connectivity index (χ0) is 17.7. The number of hydrogen-bond acceptors (Lipinski definition) is 5. The fourth-order valence-corrected chi connectivity index (χ4v) is 2.56. The fraction of sp³-hybridized carbons (Fsp3) is 0.278. The van der Waals surface area contributed by atoms with Crippen LogP contribution in [0.2, 0.25) is 0 Å². The van der Waals surface area contributed by atoms with Crippen LogP contribution in [0.1, 0.15) is 17.0 Å². The third-order valence-electron chi connectivity index (χ3n) is 3.84. The van der Waals surface area contributed by atoms with E-state index in [0.717, 1.165) is 0 Å². The number of carboxylic acid groups (broad SMARTS) is 1. The molecule has 0 aromatic heterocycles.